The maximum absolute atomic E-state index is 9.62. The van der Waals surface area contributed by atoms with Gasteiger partial charge in [-0.15, -0.1) is 0 Å². The highest BCUT2D eigenvalue weighted by Crippen LogP contribution is 2.28. The molecule has 0 aromatic carbocycles. The van der Waals surface area contributed by atoms with Crippen LogP contribution >= 0.6 is 0 Å². The first kappa shape index (κ1) is 15.1. The Labute approximate surface area is 140 Å². The van der Waals surface area contributed by atoms with E-state index in [2.05, 4.69) is 27.5 Å². The number of anilines is 1. The van der Waals surface area contributed by atoms with E-state index in [0.717, 1.165) is 48.0 Å². The van der Waals surface area contributed by atoms with E-state index >= 15 is 0 Å². The Bertz CT molecular complexity index is 851. The van der Waals surface area contributed by atoms with E-state index < -0.39 is 0 Å². The summed E-state index contributed by atoms with van der Waals surface area (Å²) < 4.78 is 2.02. The van der Waals surface area contributed by atoms with Crippen LogP contribution in [-0.4, -0.2) is 36.8 Å². The first-order chi connectivity index (χ1) is 11.7. The molecule has 1 fully saturated rings. The second-order valence-electron chi connectivity index (χ2n) is 6.44. The molecule has 24 heavy (non-hydrogen) atoms. The molecular weight excluding hydrogens is 302 g/mol. The molecule has 0 radical (unpaired) electrons. The summed E-state index contributed by atoms with van der Waals surface area (Å²) in [6.07, 6.45) is 9.08. The monoisotopic (exact) mass is 323 g/mol. The molecule has 3 aromatic heterocycles. The van der Waals surface area contributed by atoms with Gasteiger partial charge in [0, 0.05) is 42.6 Å². The fourth-order valence-corrected chi connectivity index (χ4v) is 3.40. The summed E-state index contributed by atoms with van der Waals surface area (Å²) in [5, 5.41) is 14.1. The van der Waals surface area contributed by atoms with E-state index in [0.29, 0.717) is 12.0 Å². The number of rotatable bonds is 3. The number of aliphatic hydroxyl groups is 1. The van der Waals surface area contributed by atoms with Gasteiger partial charge in [-0.05, 0) is 43.9 Å². The van der Waals surface area contributed by atoms with E-state index in [9.17, 15) is 5.11 Å². The molecular formula is C18H21N5O. The number of fused-ring (bicyclic) bond motifs is 1. The standard InChI is InChI=1S/C18H21N5O/c1-23-11-15(14-3-2-9-19-17(14)23)16-8-10-20-18(22-16)21-12-4-6-13(24)7-5-12/h2-3,8-13,24H,4-7H2,1H3,(H,20,21,22)/t12-,13-. The molecule has 0 atom stereocenters. The molecule has 6 nitrogen and oxygen atoms in total. The molecule has 0 aliphatic heterocycles. The number of nitrogens with one attached hydrogen (secondary N) is 1. The highest BCUT2D eigenvalue weighted by atomic mass is 16.3. The van der Waals surface area contributed by atoms with Crippen LogP contribution in [0.3, 0.4) is 0 Å². The van der Waals surface area contributed by atoms with Crippen LogP contribution in [0, 0.1) is 0 Å². The largest absolute Gasteiger partial charge is 0.393 e. The Hall–Kier alpha value is -2.47. The quantitative estimate of drug-likeness (QED) is 0.775. The highest BCUT2D eigenvalue weighted by Gasteiger charge is 2.20. The van der Waals surface area contributed by atoms with Crippen molar-refractivity contribution in [3.05, 3.63) is 36.8 Å². The molecule has 0 unspecified atom stereocenters. The van der Waals surface area contributed by atoms with E-state index in [1.807, 2.05) is 23.7 Å². The van der Waals surface area contributed by atoms with Gasteiger partial charge in [0.1, 0.15) is 5.65 Å². The molecule has 0 saturated heterocycles. The minimum atomic E-state index is -0.154. The van der Waals surface area contributed by atoms with Crippen molar-refractivity contribution in [2.24, 2.45) is 7.05 Å². The van der Waals surface area contributed by atoms with Crippen molar-refractivity contribution in [2.45, 2.75) is 37.8 Å². The van der Waals surface area contributed by atoms with E-state index in [-0.39, 0.29) is 6.10 Å². The molecule has 0 bridgehead atoms. The van der Waals surface area contributed by atoms with Crippen LogP contribution in [0.2, 0.25) is 0 Å². The van der Waals surface area contributed by atoms with Crippen molar-refractivity contribution >= 4 is 17.0 Å². The number of aromatic nitrogens is 4. The fraction of sp³-hybridized carbons (Fsp3) is 0.389. The topological polar surface area (TPSA) is 75.9 Å². The van der Waals surface area contributed by atoms with Crippen molar-refractivity contribution in [3.8, 4) is 11.3 Å². The van der Waals surface area contributed by atoms with Gasteiger partial charge < -0.3 is 15.0 Å². The third-order valence-electron chi connectivity index (χ3n) is 4.70. The van der Waals surface area contributed by atoms with Crippen LogP contribution < -0.4 is 5.32 Å². The smallest absolute Gasteiger partial charge is 0.223 e. The fourth-order valence-electron chi connectivity index (χ4n) is 3.40. The van der Waals surface area contributed by atoms with Gasteiger partial charge in [-0.3, -0.25) is 0 Å². The zero-order valence-corrected chi connectivity index (χ0v) is 13.7. The van der Waals surface area contributed by atoms with Crippen LogP contribution in [0.4, 0.5) is 5.95 Å². The van der Waals surface area contributed by atoms with E-state index in [1.54, 1.807) is 12.4 Å². The zero-order chi connectivity index (χ0) is 16.5. The lowest BCUT2D eigenvalue weighted by Crippen LogP contribution is -2.28. The van der Waals surface area contributed by atoms with Crippen LogP contribution in [0.15, 0.2) is 36.8 Å². The summed E-state index contributed by atoms with van der Waals surface area (Å²) >= 11 is 0. The third kappa shape index (κ3) is 2.85. The average Bonchev–Trinajstić information content (AvgIpc) is 2.95. The number of aliphatic hydroxyl groups excluding tert-OH is 1. The first-order valence-electron chi connectivity index (χ1n) is 8.39. The molecule has 2 N–H and O–H groups in total. The lowest BCUT2D eigenvalue weighted by Gasteiger charge is -2.26. The zero-order valence-electron chi connectivity index (χ0n) is 13.7. The van der Waals surface area contributed by atoms with Crippen molar-refractivity contribution < 1.29 is 5.11 Å². The Kier molecular flexibility index (Phi) is 3.90. The molecule has 3 heterocycles. The van der Waals surface area contributed by atoms with E-state index in [4.69, 9.17) is 4.98 Å². The minimum Gasteiger partial charge on any atom is -0.393 e. The molecule has 0 amide bonds. The molecule has 1 aliphatic carbocycles. The molecule has 6 heteroatoms. The summed E-state index contributed by atoms with van der Waals surface area (Å²) in [7, 11) is 1.99. The van der Waals surface area contributed by atoms with Crippen LogP contribution in [0.1, 0.15) is 25.7 Å². The normalized spacial score (nSPS) is 21.1. The van der Waals surface area contributed by atoms with Gasteiger partial charge in [0.25, 0.3) is 0 Å². The number of hydrogen-bond acceptors (Lipinski definition) is 5. The lowest BCUT2D eigenvalue weighted by atomic mass is 9.93. The second kappa shape index (κ2) is 6.20. The number of pyridine rings is 1. The predicted octanol–water partition coefficient (Wildman–Crippen LogP) is 2.75. The lowest BCUT2D eigenvalue weighted by molar-refractivity contribution is 0.126. The van der Waals surface area contributed by atoms with E-state index in [1.165, 1.54) is 0 Å². The van der Waals surface area contributed by atoms with Gasteiger partial charge in [0.05, 0.1) is 11.8 Å². The van der Waals surface area contributed by atoms with Gasteiger partial charge in [0.2, 0.25) is 5.95 Å². The predicted molar refractivity (Wildman–Crippen MR) is 93.6 cm³/mol. The van der Waals surface area contributed by atoms with Gasteiger partial charge in [-0.1, -0.05) is 0 Å². The van der Waals surface area contributed by atoms with Crippen molar-refractivity contribution in [1.29, 1.82) is 0 Å². The Morgan fingerprint density at radius 2 is 1.96 bits per heavy atom. The van der Waals surface area contributed by atoms with Crippen LogP contribution in [0.25, 0.3) is 22.3 Å². The Balaban J connectivity index is 1.62. The number of nitrogens with zero attached hydrogens (tertiary/aromatic N) is 4. The van der Waals surface area contributed by atoms with Gasteiger partial charge in [-0.2, -0.15) is 0 Å². The van der Waals surface area contributed by atoms with Crippen LogP contribution in [-0.2, 0) is 7.05 Å². The summed E-state index contributed by atoms with van der Waals surface area (Å²) in [5.74, 6) is 0.648. The number of aryl methyl sites for hydroxylation is 1. The van der Waals surface area contributed by atoms with Gasteiger partial charge >= 0.3 is 0 Å². The maximum Gasteiger partial charge on any atom is 0.223 e. The molecule has 1 saturated carbocycles. The molecule has 4 rings (SSSR count). The van der Waals surface area contributed by atoms with Gasteiger partial charge in [-0.25, -0.2) is 15.0 Å². The summed E-state index contributed by atoms with van der Waals surface area (Å²) in [6, 6.07) is 6.27. The average molecular weight is 323 g/mol. The summed E-state index contributed by atoms with van der Waals surface area (Å²) in [5.41, 5.74) is 2.90. The van der Waals surface area contributed by atoms with Gasteiger partial charge in [0.15, 0.2) is 0 Å². The van der Waals surface area contributed by atoms with Crippen molar-refractivity contribution in [3.63, 3.8) is 0 Å². The molecule has 124 valence electrons. The van der Waals surface area contributed by atoms with Crippen molar-refractivity contribution in [1.82, 2.24) is 19.5 Å². The summed E-state index contributed by atoms with van der Waals surface area (Å²) in [4.78, 5) is 13.5. The Morgan fingerprint density at radius 3 is 2.79 bits per heavy atom. The number of hydrogen-bond donors (Lipinski definition) is 2. The highest BCUT2D eigenvalue weighted by molar-refractivity contribution is 5.93. The SMILES string of the molecule is Cn1cc(-c2ccnc(N[C@H]3CC[C@H](O)CC3)n2)c2cccnc21. The summed E-state index contributed by atoms with van der Waals surface area (Å²) in [6.45, 7) is 0. The maximum atomic E-state index is 9.62. The second-order valence-corrected chi connectivity index (χ2v) is 6.44. The third-order valence-corrected chi connectivity index (χ3v) is 4.70. The first-order valence-corrected chi connectivity index (χ1v) is 8.39. The Morgan fingerprint density at radius 1 is 1.12 bits per heavy atom. The molecule has 3 aromatic rings. The van der Waals surface area contributed by atoms with Crippen LogP contribution in [0.5, 0.6) is 0 Å². The molecule has 1 aliphatic rings. The van der Waals surface area contributed by atoms with Crippen molar-refractivity contribution in [2.75, 3.05) is 5.32 Å². The minimum absolute atomic E-state index is 0.154. The molecule has 0 spiro atoms.